The van der Waals surface area contributed by atoms with Gasteiger partial charge in [0.1, 0.15) is 0 Å². The van der Waals surface area contributed by atoms with E-state index in [0.717, 1.165) is 24.1 Å². The van der Waals surface area contributed by atoms with E-state index in [9.17, 15) is 4.79 Å². The van der Waals surface area contributed by atoms with E-state index in [1.807, 2.05) is 43.3 Å². The molecule has 0 unspecified atom stereocenters. The quantitative estimate of drug-likeness (QED) is 0.865. The van der Waals surface area contributed by atoms with Crippen LogP contribution in [-0.4, -0.2) is 5.91 Å². The van der Waals surface area contributed by atoms with Crippen LogP contribution in [-0.2, 0) is 12.8 Å². The lowest BCUT2D eigenvalue weighted by Crippen LogP contribution is -2.12. The van der Waals surface area contributed by atoms with Crippen LogP contribution in [0, 0.1) is 6.92 Å². The predicted octanol–water partition coefficient (Wildman–Crippen LogP) is 3.74. The van der Waals surface area contributed by atoms with E-state index in [1.165, 1.54) is 23.1 Å². The summed E-state index contributed by atoms with van der Waals surface area (Å²) >= 11 is 0. The molecule has 0 radical (unpaired) electrons. The zero-order valence-electron chi connectivity index (χ0n) is 11.1. The molecule has 0 saturated heterocycles. The summed E-state index contributed by atoms with van der Waals surface area (Å²) in [6.07, 6.45) is 3.45. The molecule has 0 atom stereocenters. The van der Waals surface area contributed by atoms with Crippen molar-refractivity contribution in [2.75, 3.05) is 5.32 Å². The average molecular weight is 251 g/mol. The van der Waals surface area contributed by atoms with E-state index >= 15 is 0 Å². The number of fused-ring (bicyclic) bond motifs is 1. The van der Waals surface area contributed by atoms with Gasteiger partial charge in [0.2, 0.25) is 0 Å². The molecule has 1 aliphatic rings. The molecule has 2 aromatic carbocycles. The number of hydrogen-bond donors (Lipinski definition) is 1. The van der Waals surface area contributed by atoms with Gasteiger partial charge in [0.05, 0.1) is 0 Å². The Labute approximate surface area is 113 Å². The van der Waals surface area contributed by atoms with Crippen molar-refractivity contribution in [1.29, 1.82) is 0 Å². The minimum Gasteiger partial charge on any atom is -0.322 e. The molecule has 19 heavy (non-hydrogen) atoms. The number of anilines is 1. The Hall–Kier alpha value is -2.09. The fourth-order valence-corrected chi connectivity index (χ4v) is 2.55. The van der Waals surface area contributed by atoms with Crippen molar-refractivity contribution in [2.45, 2.75) is 26.2 Å². The summed E-state index contributed by atoms with van der Waals surface area (Å²) < 4.78 is 0. The largest absolute Gasteiger partial charge is 0.322 e. The van der Waals surface area contributed by atoms with Crippen molar-refractivity contribution in [2.24, 2.45) is 0 Å². The first-order valence-electron chi connectivity index (χ1n) is 6.72. The Morgan fingerprint density at radius 2 is 1.74 bits per heavy atom. The van der Waals surface area contributed by atoms with Crippen LogP contribution in [0.5, 0.6) is 0 Å². The standard InChI is InChI=1S/C17H17NO/c1-12-5-9-16(10-6-12)18-17(19)15-8-7-13-3-2-4-14(13)11-15/h5-11H,2-4H2,1H3,(H,18,19). The second kappa shape index (κ2) is 4.88. The number of benzene rings is 2. The molecule has 0 spiro atoms. The minimum atomic E-state index is -0.0291. The van der Waals surface area contributed by atoms with Gasteiger partial charge in [0, 0.05) is 11.3 Å². The highest BCUT2D eigenvalue weighted by molar-refractivity contribution is 6.04. The molecule has 2 nitrogen and oxygen atoms in total. The number of carbonyl (C=O) groups excluding carboxylic acids is 1. The molecular weight excluding hydrogens is 234 g/mol. The Balaban J connectivity index is 1.78. The first kappa shape index (κ1) is 12.0. The summed E-state index contributed by atoms with van der Waals surface area (Å²) in [6.45, 7) is 2.03. The molecule has 2 heteroatoms. The van der Waals surface area contributed by atoms with Crippen molar-refractivity contribution < 1.29 is 4.79 Å². The summed E-state index contributed by atoms with van der Waals surface area (Å²) in [6, 6.07) is 13.9. The fourth-order valence-electron chi connectivity index (χ4n) is 2.55. The molecule has 1 N–H and O–H groups in total. The van der Waals surface area contributed by atoms with E-state index in [-0.39, 0.29) is 5.91 Å². The van der Waals surface area contributed by atoms with Crippen LogP contribution in [0.1, 0.15) is 33.5 Å². The van der Waals surface area contributed by atoms with Crippen LogP contribution in [0.4, 0.5) is 5.69 Å². The van der Waals surface area contributed by atoms with Crippen LogP contribution in [0.15, 0.2) is 42.5 Å². The SMILES string of the molecule is Cc1ccc(NC(=O)c2ccc3c(c2)CCC3)cc1. The minimum absolute atomic E-state index is 0.0291. The van der Waals surface area contributed by atoms with Gasteiger partial charge in [-0.15, -0.1) is 0 Å². The predicted molar refractivity (Wildman–Crippen MR) is 77.6 cm³/mol. The molecule has 2 aromatic rings. The van der Waals surface area contributed by atoms with Gasteiger partial charge in [-0.25, -0.2) is 0 Å². The monoisotopic (exact) mass is 251 g/mol. The molecule has 0 heterocycles. The van der Waals surface area contributed by atoms with Gasteiger partial charge < -0.3 is 5.32 Å². The lowest BCUT2D eigenvalue weighted by Gasteiger charge is -2.07. The van der Waals surface area contributed by atoms with Gasteiger partial charge in [-0.2, -0.15) is 0 Å². The third kappa shape index (κ3) is 2.53. The molecule has 0 saturated carbocycles. The Kier molecular flexibility index (Phi) is 3.08. The van der Waals surface area contributed by atoms with Crippen molar-refractivity contribution >= 4 is 11.6 Å². The van der Waals surface area contributed by atoms with Crippen molar-refractivity contribution in [1.82, 2.24) is 0 Å². The van der Waals surface area contributed by atoms with Gasteiger partial charge in [0.25, 0.3) is 5.91 Å². The molecule has 1 aliphatic carbocycles. The number of hydrogen-bond acceptors (Lipinski definition) is 1. The van der Waals surface area contributed by atoms with Gasteiger partial charge >= 0.3 is 0 Å². The molecular formula is C17H17NO. The van der Waals surface area contributed by atoms with Crippen molar-refractivity contribution in [3.63, 3.8) is 0 Å². The van der Waals surface area contributed by atoms with Gasteiger partial charge in [0.15, 0.2) is 0 Å². The summed E-state index contributed by atoms with van der Waals surface area (Å²) in [5.74, 6) is -0.0291. The van der Waals surface area contributed by atoms with Crippen molar-refractivity contribution in [3.05, 3.63) is 64.7 Å². The summed E-state index contributed by atoms with van der Waals surface area (Å²) in [4.78, 5) is 12.2. The van der Waals surface area contributed by atoms with Crippen molar-refractivity contribution in [3.8, 4) is 0 Å². The van der Waals surface area contributed by atoms with Gasteiger partial charge in [-0.05, 0) is 61.6 Å². The Morgan fingerprint density at radius 1 is 1.00 bits per heavy atom. The number of rotatable bonds is 2. The lowest BCUT2D eigenvalue weighted by atomic mass is 10.1. The van der Waals surface area contributed by atoms with Crippen LogP contribution in [0.3, 0.4) is 0 Å². The highest BCUT2D eigenvalue weighted by Gasteiger charge is 2.13. The Bertz CT molecular complexity index is 614. The third-order valence-corrected chi connectivity index (χ3v) is 3.67. The van der Waals surface area contributed by atoms with Crippen LogP contribution in [0.2, 0.25) is 0 Å². The highest BCUT2D eigenvalue weighted by Crippen LogP contribution is 2.23. The molecule has 3 rings (SSSR count). The summed E-state index contributed by atoms with van der Waals surface area (Å²) in [5.41, 5.74) is 5.51. The second-order valence-corrected chi connectivity index (χ2v) is 5.16. The Morgan fingerprint density at radius 3 is 2.53 bits per heavy atom. The number of nitrogens with one attached hydrogen (secondary N) is 1. The van der Waals surface area contributed by atoms with E-state index in [4.69, 9.17) is 0 Å². The average Bonchev–Trinajstić information content (AvgIpc) is 2.88. The van der Waals surface area contributed by atoms with Gasteiger partial charge in [-0.3, -0.25) is 4.79 Å². The number of aryl methyl sites for hydroxylation is 3. The molecule has 0 aromatic heterocycles. The van der Waals surface area contributed by atoms with Crippen LogP contribution < -0.4 is 5.32 Å². The zero-order valence-corrected chi connectivity index (χ0v) is 11.1. The summed E-state index contributed by atoms with van der Waals surface area (Å²) in [7, 11) is 0. The summed E-state index contributed by atoms with van der Waals surface area (Å²) in [5, 5.41) is 2.94. The lowest BCUT2D eigenvalue weighted by molar-refractivity contribution is 0.102. The van der Waals surface area contributed by atoms with E-state index in [0.29, 0.717) is 0 Å². The first-order chi connectivity index (χ1) is 9.22. The molecule has 1 amide bonds. The van der Waals surface area contributed by atoms with Gasteiger partial charge in [-0.1, -0.05) is 23.8 Å². The smallest absolute Gasteiger partial charge is 0.255 e. The highest BCUT2D eigenvalue weighted by atomic mass is 16.1. The van der Waals surface area contributed by atoms with Crippen LogP contribution >= 0.6 is 0 Å². The number of amides is 1. The maximum atomic E-state index is 12.2. The topological polar surface area (TPSA) is 29.1 Å². The maximum Gasteiger partial charge on any atom is 0.255 e. The zero-order chi connectivity index (χ0) is 13.2. The molecule has 96 valence electrons. The number of carbonyl (C=O) groups is 1. The first-order valence-corrected chi connectivity index (χ1v) is 6.72. The molecule has 0 aliphatic heterocycles. The molecule has 0 fully saturated rings. The third-order valence-electron chi connectivity index (χ3n) is 3.67. The van der Waals surface area contributed by atoms with Crippen LogP contribution in [0.25, 0.3) is 0 Å². The van der Waals surface area contributed by atoms with E-state index in [1.54, 1.807) is 0 Å². The fraction of sp³-hybridized carbons (Fsp3) is 0.235. The normalized spacial score (nSPS) is 13.1. The maximum absolute atomic E-state index is 12.2. The second-order valence-electron chi connectivity index (χ2n) is 5.16. The van der Waals surface area contributed by atoms with E-state index < -0.39 is 0 Å². The molecule has 0 bridgehead atoms. The van der Waals surface area contributed by atoms with E-state index in [2.05, 4.69) is 11.4 Å².